The highest BCUT2D eigenvalue weighted by molar-refractivity contribution is 6.31. The molecule has 5 rings (SSSR count). The highest BCUT2D eigenvalue weighted by Gasteiger charge is 2.41. The molecule has 1 saturated heterocycles. The lowest BCUT2D eigenvalue weighted by Gasteiger charge is -2.39. The topological polar surface area (TPSA) is 118 Å². The molecule has 1 aliphatic rings. The van der Waals surface area contributed by atoms with E-state index in [1.807, 2.05) is 63.2 Å². The van der Waals surface area contributed by atoms with Crippen LogP contribution in [0.4, 0.5) is 0 Å². The monoisotopic (exact) mass is 617 g/mol. The van der Waals surface area contributed by atoms with Crippen LogP contribution >= 0.6 is 11.6 Å². The van der Waals surface area contributed by atoms with Crippen molar-refractivity contribution >= 4 is 17.6 Å². The molecule has 2 aromatic heterocycles. The molecule has 1 fully saturated rings. The summed E-state index contributed by atoms with van der Waals surface area (Å²) in [5.74, 6) is 0.780. The zero-order valence-corrected chi connectivity index (χ0v) is 27.1. The van der Waals surface area contributed by atoms with E-state index in [9.17, 15) is 9.90 Å². The molecule has 1 aliphatic heterocycles. The van der Waals surface area contributed by atoms with Crippen LogP contribution in [0.1, 0.15) is 64.2 Å². The maximum absolute atomic E-state index is 12.2. The normalized spacial score (nSPS) is 15.1. The first-order valence-corrected chi connectivity index (χ1v) is 15.5. The van der Waals surface area contributed by atoms with Gasteiger partial charge in [-0.25, -0.2) is 0 Å². The Morgan fingerprint density at radius 1 is 1.02 bits per heavy atom. The number of nitrogens with two attached hydrogens (primary N) is 1. The summed E-state index contributed by atoms with van der Waals surface area (Å²) in [4.78, 5) is 23.2. The van der Waals surface area contributed by atoms with E-state index in [1.54, 1.807) is 12.4 Å². The van der Waals surface area contributed by atoms with Crippen LogP contribution in [0, 0.1) is 11.3 Å². The summed E-state index contributed by atoms with van der Waals surface area (Å²) in [5, 5.41) is 14.9. The number of aliphatic carboxylic acids is 1. The van der Waals surface area contributed by atoms with Crippen molar-refractivity contribution in [2.75, 3.05) is 13.1 Å². The van der Waals surface area contributed by atoms with Crippen LogP contribution in [-0.4, -0.2) is 49.7 Å². The van der Waals surface area contributed by atoms with Gasteiger partial charge in [0.2, 0.25) is 5.82 Å². The summed E-state index contributed by atoms with van der Waals surface area (Å²) in [7, 11) is 0. The molecule has 3 heterocycles. The fourth-order valence-corrected chi connectivity index (χ4v) is 5.52. The molecule has 0 amide bonds. The zero-order valence-electron chi connectivity index (χ0n) is 26.4. The van der Waals surface area contributed by atoms with Gasteiger partial charge in [0.25, 0.3) is 5.89 Å². The first-order chi connectivity index (χ1) is 20.8. The smallest absolute Gasteiger partial charge is 0.310 e. The minimum Gasteiger partial charge on any atom is -0.481 e. The van der Waals surface area contributed by atoms with Crippen LogP contribution in [0.3, 0.4) is 0 Å². The van der Waals surface area contributed by atoms with E-state index < -0.39 is 11.4 Å². The number of rotatable bonds is 9. The summed E-state index contributed by atoms with van der Waals surface area (Å²) < 4.78 is 5.53. The second-order valence-corrected chi connectivity index (χ2v) is 13.7. The van der Waals surface area contributed by atoms with Crippen molar-refractivity contribution in [2.45, 2.75) is 72.4 Å². The fourth-order valence-electron chi connectivity index (χ4n) is 5.26. The number of carbonyl (C=O) groups is 1. The second-order valence-electron chi connectivity index (χ2n) is 13.3. The van der Waals surface area contributed by atoms with E-state index in [0.29, 0.717) is 41.9 Å². The Morgan fingerprint density at radius 3 is 2.20 bits per heavy atom. The van der Waals surface area contributed by atoms with E-state index in [-0.39, 0.29) is 5.54 Å². The molecule has 0 spiro atoms. The number of carboxylic acids is 1. The van der Waals surface area contributed by atoms with Crippen LogP contribution in [-0.2, 0) is 24.2 Å². The van der Waals surface area contributed by atoms with Crippen molar-refractivity contribution < 1.29 is 14.4 Å². The molecule has 4 aromatic rings. The summed E-state index contributed by atoms with van der Waals surface area (Å²) in [6.45, 7) is 12.5. The number of carboxylic acid groups (broad SMARTS) is 1. The van der Waals surface area contributed by atoms with E-state index in [2.05, 4.69) is 46.0 Å². The van der Waals surface area contributed by atoms with Crippen LogP contribution in [0.5, 0.6) is 0 Å². The van der Waals surface area contributed by atoms with E-state index >= 15 is 0 Å². The minimum atomic E-state index is -0.725. The average Bonchev–Trinajstić information content (AvgIpc) is 3.45. The van der Waals surface area contributed by atoms with Gasteiger partial charge in [0.15, 0.2) is 0 Å². The molecular formula is C35H44ClN5O3. The molecule has 0 atom stereocenters. The Bertz CT molecular complexity index is 1500. The van der Waals surface area contributed by atoms with Gasteiger partial charge in [-0.15, -0.1) is 0 Å². The lowest BCUT2D eigenvalue weighted by atomic mass is 9.74. The molecule has 234 valence electrons. The van der Waals surface area contributed by atoms with Crippen molar-refractivity contribution in [2.24, 2.45) is 17.1 Å². The summed E-state index contributed by atoms with van der Waals surface area (Å²) in [6, 6.07) is 17.8. The summed E-state index contributed by atoms with van der Waals surface area (Å²) in [5.41, 5.74) is 9.59. The molecule has 8 nitrogen and oxygen atoms in total. The third-order valence-electron chi connectivity index (χ3n) is 7.53. The lowest BCUT2D eigenvalue weighted by Crippen LogP contribution is -2.45. The molecule has 44 heavy (non-hydrogen) atoms. The molecule has 9 heteroatoms. The van der Waals surface area contributed by atoms with Gasteiger partial charge < -0.3 is 15.4 Å². The number of halogens is 1. The Morgan fingerprint density at radius 2 is 1.64 bits per heavy atom. The van der Waals surface area contributed by atoms with Crippen LogP contribution < -0.4 is 5.73 Å². The van der Waals surface area contributed by atoms with Gasteiger partial charge in [0.1, 0.15) is 0 Å². The summed E-state index contributed by atoms with van der Waals surface area (Å²) in [6.07, 6.45) is 6.14. The van der Waals surface area contributed by atoms with Crippen molar-refractivity contribution in [1.82, 2.24) is 20.0 Å². The van der Waals surface area contributed by atoms with Crippen LogP contribution in [0.25, 0.3) is 22.8 Å². The zero-order chi connectivity index (χ0) is 31.9. The van der Waals surface area contributed by atoms with Crippen molar-refractivity contribution in [1.29, 1.82) is 0 Å². The van der Waals surface area contributed by atoms with Gasteiger partial charge in [-0.2, -0.15) is 4.98 Å². The van der Waals surface area contributed by atoms with Crippen molar-refractivity contribution in [3.8, 4) is 22.8 Å². The average molecular weight is 618 g/mol. The fraction of sp³-hybridized carbons (Fsp3) is 0.429. The Hall–Kier alpha value is -3.59. The van der Waals surface area contributed by atoms with Gasteiger partial charge >= 0.3 is 5.97 Å². The van der Waals surface area contributed by atoms with Gasteiger partial charge in [0.05, 0.1) is 5.41 Å². The number of aromatic nitrogens is 3. The largest absolute Gasteiger partial charge is 0.481 e. The SMILES string of the molecule is CC(C)(C)N.CC(C)Cc1ccc(-c2nc(-c3ccc(CN4CCC(Cc5ccncc5)(C(=O)O)CC4)cc3)no2)cc1Cl. The standard InChI is InChI=1S/C31H33ClN4O3.C4H11N/c1-21(2)17-25-7-8-26(18-27(25)32)29-34-28(35-39-29)24-5-3-23(4-6-24)20-36-15-11-31(12-16-36,30(37)38)19-22-9-13-33-14-10-22;1-4(2,3)5/h3-10,13-14,18,21H,11-12,15-17,19-20H2,1-2H3,(H,37,38);5H2,1-3H3. The number of nitrogens with zero attached hydrogens (tertiary/aromatic N) is 4. The van der Waals surface area contributed by atoms with Gasteiger partial charge in [-0.3, -0.25) is 14.7 Å². The van der Waals surface area contributed by atoms with Crippen LogP contribution in [0.15, 0.2) is 71.5 Å². The molecule has 2 aromatic carbocycles. The van der Waals surface area contributed by atoms with Gasteiger partial charge in [-0.1, -0.05) is 60.9 Å². The Balaban J connectivity index is 0.000000818. The predicted molar refractivity (Wildman–Crippen MR) is 175 cm³/mol. The van der Waals surface area contributed by atoms with Crippen molar-refractivity contribution in [3.63, 3.8) is 0 Å². The Kier molecular flexibility index (Phi) is 10.9. The first-order valence-electron chi connectivity index (χ1n) is 15.2. The van der Waals surface area contributed by atoms with Gasteiger partial charge in [0, 0.05) is 40.6 Å². The van der Waals surface area contributed by atoms with Crippen molar-refractivity contribution in [3.05, 3.63) is 88.7 Å². The van der Waals surface area contributed by atoms with E-state index in [0.717, 1.165) is 53.9 Å². The van der Waals surface area contributed by atoms with E-state index in [1.165, 1.54) is 0 Å². The third-order valence-corrected chi connectivity index (χ3v) is 7.88. The van der Waals surface area contributed by atoms with Gasteiger partial charge in [-0.05, 0) is 106 Å². The van der Waals surface area contributed by atoms with Crippen LogP contribution in [0.2, 0.25) is 5.02 Å². The molecule has 0 aliphatic carbocycles. The molecule has 0 bridgehead atoms. The maximum Gasteiger partial charge on any atom is 0.310 e. The predicted octanol–water partition coefficient (Wildman–Crippen LogP) is 7.30. The highest BCUT2D eigenvalue weighted by atomic mass is 35.5. The molecular weight excluding hydrogens is 574 g/mol. The number of likely N-dealkylation sites (tertiary alicyclic amines) is 1. The maximum atomic E-state index is 12.2. The number of piperidine rings is 1. The molecule has 3 N–H and O–H groups in total. The third kappa shape index (κ3) is 9.45. The number of hydrogen-bond donors (Lipinski definition) is 2. The molecule has 0 unspecified atom stereocenters. The minimum absolute atomic E-state index is 0. The Labute approximate surface area is 265 Å². The number of benzene rings is 2. The first kappa shape index (κ1) is 33.3. The quantitative estimate of drug-likeness (QED) is 0.201. The summed E-state index contributed by atoms with van der Waals surface area (Å²) >= 11 is 6.49. The lowest BCUT2D eigenvalue weighted by molar-refractivity contribution is -0.152. The number of pyridine rings is 1. The highest BCUT2D eigenvalue weighted by Crippen LogP contribution is 2.36. The number of hydrogen-bond acceptors (Lipinski definition) is 7. The molecule has 0 radical (unpaired) electrons. The molecule has 0 saturated carbocycles. The second kappa shape index (κ2) is 14.5. The van der Waals surface area contributed by atoms with E-state index in [4.69, 9.17) is 21.9 Å².